The van der Waals surface area contributed by atoms with Crippen molar-refractivity contribution in [3.63, 3.8) is 0 Å². The molecule has 0 radical (unpaired) electrons. The number of ether oxygens (including phenoxy) is 1. The second-order valence-electron chi connectivity index (χ2n) is 3.69. The average molecular weight is 206 g/mol. The molecule has 0 bridgehead atoms. The molecule has 1 fully saturated rings. The number of carbonyl (C=O) groups is 1. The lowest BCUT2D eigenvalue weighted by molar-refractivity contribution is -0.139. The number of cyclic esters (lactones) is 1. The fourth-order valence-corrected chi connectivity index (χ4v) is 2.70. The van der Waals surface area contributed by atoms with Gasteiger partial charge in [0, 0.05) is 16.2 Å². The summed E-state index contributed by atoms with van der Waals surface area (Å²) < 4.78 is 5.11. The molecule has 3 heteroatoms. The average Bonchev–Trinajstić information content (AvgIpc) is 2.61. The van der Waals surface area contributed by atoms with Crippen molar-refractivity contribution in [2.75, 3.05) is 6.61 Å². The monoisotopic (exact) mass is 206 g/mol. The van der Waals surface area contributed by atoms with E-state index in [1.54, 1.807) is 0 Å². The first-order chi connectivity index (χ1) is 6.83. The van der Waals surface area contributed by atoms with Crippen molar-refractivity contribution >= 4 is 16.2 Å². The van der Waals surface area contributed by atoms with Crippen molar-refractivity contribution in [3.8, 4) is 0 Å². The number of hydrogen-bond donors (Lipinski definition) is 0. The smallest absolute Gasteiger partial charge is 0.313 e. The highest BCUT2D eigenvalue weighted by atomic mass is 28.1. The zero-order valence-electron chi connectivity index (χ0n) is 8.27. The second-order valence-corrected chi connectivity index (χ2v) is 4.50. The van der Waals surface area contributed by atoms with Crippen LogP contribution in [0.4, 0.5) is 0 Å². The second kappa shape index (κ2) is 3.96. The van der Waals surface area contributed by atoms with Gasteiger partial charge in [0.05, 0.1) is 12.5 Å². The number of esters is 1. The van der Waals surface area contributed by atoms with Gasteiger partial charge in [0.25, 0.3) is 0 Å². The Morgan fingerprint density at radius 2 is 2.07 bits per heavy atom. The van der Waals surface area contributed by atoms with E-state index in [4.69, 9.17) is 4.74 Å². The van der Waals surface area contributed by atoms with Gasteiger partial charge in [0.1, 0.15) is 0 Å². The number of carbonyl (C=O) groups excluding carboxylic acids is 1. The Bertz CT molecular complexity index is 323. The molecular formula is C11H14O2Si. The van der Waals surface area contributed by atoms with Gasteiger partial charge >= 0.3 is 5.97 Å². The Balaban J connectivity index is 2.28. The van der Waals surface area contributed by atoms with Crippen LogP contribution >= 0.6 is 0 Å². The quantitative estimate of drug-likeness (QED) is 0.526. The summed E-state index contributed by atoms with van der Waals surface area (Å²) in [6.45, 7) is 0.613. The summed E-state index contributed by atoms with van der Waals surface area (Å²) in [6, 6.07) is 11.1. The van der Waals surface area contributed by atoms with E-state index in [2.05, 4.69) is 0 Å². The molecule has 14 heavy (non-hydrogen) atoms. The SMILES string of the molecule is O=C1OCC(C[SiH3])C1c1ccccc1. The molecule has 74 valence electrons. The molecule has 0 spiro atoms. The Morgan fingerprint density at radius 3 is 2.71 bits per heavy atom. The van der Waals surface area contributed by atoms with E-state index in [-0.39, 0.29) is 11.9 Å². The number of rotatable bonds is 2. The molecular weight excluding hydrogens is 192 g/mol. The predicted octanol–water partition coefficient (Wildman–Crippen LogP) is 0.727. The topological polar surface area (TPSA) is 26.3 Å². The third kappa shape index (κ3) is 1.59. The first kappa shape index (κ1) is 9.46. The van der Waals surface area contributed by atoms with E-state index in [9.17, 15) is 4.79 Å². The highest BCUT2D eigenvalue weighted by Crippen LogP contribution is 2.33. The Morgan fingerprint density at radius 1 is 1.36 bits per heavy atom. The van der Waals surface area contributed by atoms with Crippen LogP contribution in [0.1, 0.15) is 11.5 Å². The summed E-state index contributed by atoms with van der Waals surface area (Å²) in [4.78, 5) is 11.5. The molecule has 2 unspecified atom stereocenters. The van der Waals surface area contributed by atoms with Gasteiger partial charge in [-0.1, -0.05) is 36.4 Å². The summed E-state index contributed by atoms with van der Waals surface area (Å²) in [6.07, 6.45) is 0. The van der Waals surface area contributed by atoms with Crippen LogP contribution in [0, 0.1) is 5.92 Å². The minimum absolute atomic E-state index is 0.00583. The van der Waals surface area contributed by atoms with Crippen molar-refractivity contribution in [2.45, 2.75) is 12.0 Å². The lowest BCUT2D eigenvalue weighted by Gasteiger charge is -2.12. The molecule has 2 rings (SSSR count). The normalized spacial score (nSPS) is 26.4. The Kier molecular flexibility index (Phi) is 2.68. The third-order valence-corrected chi connectivity index (χ3v) is 3.90. The highest BCUT2D eigenvalue weighted by Gasteiger charge is 2.36. The van der Waals surface area contributed by atoms with Crippen LogP contribution in [0.5, 0.6) is 0 Å². The molecule has 1 saturated heterocycles. The van der Waals surface area contributed by atoms with Crippen LogP contribution in [0.15, 0.2) is 30.3 Å². The van der Waals surface area contributed by atoms with Gasteiger partial charge in [-0.2, -0.15) is 0 Å². The van der Waals surface area contributed by atoms with Crippen molar-refractivity contribution in [1.82, 2.24) is 0 Å². The number of benzene rings is 1. The van der Waals surface area contributed by atoms with E-state index in [0.717, 1.165) is 21.9 Å². The zero-order chi connectivity index (χ0) is 9.97. The summed E-state index contributed by atoms with van der Waals surface area (Å²) in [5.41, 5.74) is 1.11. The van der Waals surface area contributed by atoms with E-state index in [0.29, 0.717) is 12.5 Å². The molecule has 0 saturated carbocycles. The van der Waals surface area contributed by atoms with Crippen LogP contribution in [-0.2, 0) is 9.53 Å². The predicted molar refractivity (Wildman–Crippen MR) is 58.4 cm³/mol. The van der Waals surface area contributed by atoms with E-state index in [1.165, 1.54) is 0 Å². The van der Waals surface area contributed by atoms with E-state index >= 15 is 0 Å². The van der Waals surface area contributed by atoms with Crippen LogP contribution in [0.25, 0.3) is 0 Å². The summed E-state index contributed by atoms with van der Waals surface area (Å²) in [5.74, 6) is 0.363. The third-order valence-electron chi connectivity index (χ3n) is 2.85. The molecule has 0 aromatic heterocycles. The maximum atomic E-state index is 11.5. The summed E-state index contributed by atoms with van der Waals surface area (Å²) in [7, 11) is 1.13. The molecule has 0 aliphatic carbocycles. The van der Waals surface area contributed by atoms with Gasteiger partial charge in [-0.15, -0.1) is 0 Å². The maximum Gasteiger partial charge on any atom is 0.313 e. The maximum absolute atomic E-state index is 11.5. The first-order valence-electron chi connectivity index (χ1n) is 5.04. The van der Waals surface area contributed by atoms with Crippen LogP contribution in [0.2, 0.25) is 6.04 Å². The molecule has 0 amide bonds. The van der Waals surface area contributed by atoms with Gasteiger partial charge in [0.15, 0.2) is 0 Å². The minimum Gasteiger partial charge on any atom is -0.465 e. The van der Waals surface area contributed by atoms with Crippen molar-refractivity contribution < 1.29 is 9.53 Å². The molecule has 2 atom stereocenters. The molecule has 1 aliphatic rings. The van der Waals surface area contributed by atoms with Crippen molar-refractivity contribution in [2.24, 2.45) is 5.92 Å². The highest BCUT2D eigenvalue weighted by molar-refractivity contribution is 6.09. The molecule has 1 aliphatic heterocycles. The van der Waals surface area contributed by atoms with E-state index < -0.39 is 0 Å². The van der Waals surface area contributed by atoms with Gasteiger partial charge in [-0.05, 0) is 5.56 Å². The molecule has 1 aromatic rings. The van der Waals surface area contributed by atoms with Crippen LogP contribution in [-0.4, -0.2) is 22.8 Å². The van der Waals surface area contributed by atoms with Crippen LogP contribution in [0.3, 0.4) is 0 Å². The molecule has 1 heterocycles. The van der Waals surface area contributed by atoms with Gasteiger partial charge in [-0.25, -0.2) is 0 Å². The first-order valence-corrected chi connectivity index (χ1v) is 6.46. The summed E-state index contributed by atoms with van der Waals surface area (Å²) >= 11 is 0. The standard InChI is InChI=1S/C11H14O2Si/c12-11-10(9(7-14)6-13-11)8-4-2-1-3-5-8/h1-5,9-10H,6-7H2,14H3. The van der Waals surface area contributed by atoms with Crippen molar-refractivity contribution in [1.29, 1.82) is 0 Å². The number of hydrogen-bond acceptors (Lipinski definition) is 2. The summed E-state index contributed by atoms with van der Waals surface area (Å²) in [5, 5.41) is 0. The van der Waals surface area contributed by atoms with Gasteiger partial charge < -0.3 is 4.74 Å². The fraction of sp³-hybridized carbons (Fsp3) is 0.364. The molecule has 2 nitrogen and oxygen atoms in total. The Hall–Kier alpha value is -1.09. The molecule has 1 aromatic carbocycles. The van der Waals surface area contributed by atoms with Gasteiger partial charge in [0.2, 0.25) is 0 Å². The Labute approximate surface area is 86.7 Å². The largest absolute Gasteiger partial charge is 0.465 e. The molecule has 0 N–H and O–H groups in total. The van der Waals surface area contributed by atoms with Gasteiger partial charge in [-0.3, -0.25) is 4.79 Å². The lowest BCUT2D eigenvalue weighted by Crippen LogP contribution is -2.13. The van der Waals surface area contributed by atoms with E-state index in [1.807, 2.05) is 30.3 Å². The zero-order valence-corrected chi connectivity index (χ0v) is 10.3. The lowest BCUT2D eigenvalue weighted by atomic mass is 9.90. The van der Waals surface area contributed by atoms with Crippen molar-refractivity contribution in [3.05, 3.63) is 35.9 Å². The van der Waals surface area contributed by atoms with Crippen LogP contribution < -0.4 is 0 Å². The minimum atomic E-state index is -0.0444. The fourth-order valence-electron chi connectivity index (χ4n) is 1.99.